The Hall–Kier alpha value is -3.02. The summed E-state index contributed by atoms with van der Waals surface area (Å²) in [6.45, 7) is 0.999. The van der Waals surface area contributed by atoms with E-state index in [-0.39, 0.29) is 11.1 Å². The van der Waals surface area contributed by atoms with E-state index in [1.807, 2.05) is 0 Å². The number of carboxylic acid groups (broad SMARTS) is 2. The smallest absolute Gasteiger partial charge is 0.339 e. The summed E-state index contributed by atoms with van der Waals surface area (Å²) in [5, 5.41) is 18.2. The van der Waals surface area contributed by atoms with E-state index in [0.29, 0.717) is 24.7 Å². The second-order valence-corrected chi connectivity index (χ2v) is 6.42. The van der Waals surface area contributed by atoms with Crippen LogP contribution in [0.5, 0.6) is 11.5 Å². The minimum atomic E-state index is -0.983. The number of aromatic carboxylic acids is 2. The quantitative estimate of drug-likeness (QED) is 0.477. The Balaban J connectivity index is 1.53. The molecule has 0 fully saturated rings. The molecule has 2 N–H and O–H groups in total. The minimum absolute atomic E-state index is 0.187. The zero-order valence-corrected chi connectivity index (χ0v) is 15.8. The van der Waals surface area contributed by atoms with E-state index in [0.717, 1.165) is 38.5 Å². The molecule has 0 aliphatic heterocycles. The normalized spacial score (nSPS) is 10.4. The molecular formula is C22H26O6. The molecule has 0 aliphatic rings. The van der Waals surface area contributed by atoms with Crippen LogP contribution >= 0.6 is 0 Å². The first-order valence-corrected chi connectivity index (χ1v) is 9.50. The van der Waals surface area contributed by atoms with Crippen molar-refractivity contribution in [2.75, 3.05) is 13.2 Å². The predicted molar refractivity (Wildman–Crippen MR) is 105 cm³/mol. The summed E-state index contributed by atoms with van der Waals surface area (Å²) in [6, 6.07) is 13.3. The molecule has 0 saturated heterocycles. The van der Waals surface area contributed by atoms with Crippen molar-refractivity contribution in [3.8, 4) is 11.5 Å². The first-order valence-electron chi connectivity index (χ1n) is 9.50. The molecule has 0 unspecified atom stereocenters. The molecular weight excluding hydrogens is 360 g/mol. The Bertz CT molecular complexity index is 706. The molecule has 0 spiro atoms. The summed E-state index contributed by atoms with van der Waals surface area (Å²) in [7, 11) is 0. The number of unbranched alkanes of at least 4 members (excludes halogenated alkanes) is 5. The molecule has 0 amide bonds. The molecule has 2 aromatic carbocycles. The Morgan fingerprint density at radius 2 is 0.964 bits per heavy atom. The lowest BCUT2D eigenvalue weighted by atomic mass is 10.1. The summed E-state index contributed by atoms with van der Waals surface area (Å²) in [6.07, 6.45) is 5.90. The van der Waals surface area contributed by atoms with E-state index in [1.165, 1.54) is 12.1 Å². The van der Waals surface area contributed by atoms with Crippen LogP contribution in [0.25, 0.3) is 0 Å². The molecule has 0 heterocycles. The Morgan fingerprint density at radius 1 is 0.607 bits per heavy atom. The molecule has 6 heteroatoms. The third-order valence-electron chi connectivity index (χ3n) is 4.29. The fraction of sp³-hybridized carbons (Fsp3) is 0.364. The maximum atomic E-state index is 11.1. The third-order valence-corrected chi connectivity index (χ3v) is 4.29. The van der Waals surface area contributed by atoms with Gasteiger partial charge in [-0.15, -0.1) is 0 Å². The fourth-order valence-corrected chi connectivity index (χ4v) is 2.81. The van der Waals surface area contributed by atoms with Crippen LogP contribution in [0.1, 0.15) is 59.2 Å². The molecule has 0 atom stereocenters. The number of ether oxygens (including phenoxy) is 2. The van der Waals surface area contributed by atoms with Crippen LogP contribution in [0.4, 0.5) is 0 Å². The number of carboxylic acids is 2. The fourth-order valence-electron chi connectivity index (χ4n) is 2.81. The summed E-state index contributed by atoms with van der Waals surface area (Å²) >= 11 is 0. The predicted octanol–water partition coefficient (Wildman–Crippen LogP) is 4.88. The van der Waals surface area contributed by atoms with Gasteiger partial charge in [0.05, 0.1) is 13.2 Å². The van der Waals surface area contributed by atoms with Gasteiger partial charge in [0.2, 0.25) is 0 Å². The standard InChI is InChI=1S/C22H26O6/c23-21(24)17-11-5-7-13-19(17)27-15-9-3-1-2-4-10-16-28-20-14-8-6-12-18(20)22(25)26/h5-8,11-14H,1-4,9-10,15-16H2,(H,23,24)(H,25,26). The molecule has 6 nitrogen and oxygen atoms in total. The van der Waals surface area contributed by atoms with Crippen LogP contribution in [-0.4, -0.2) is 35.4 Å². The average Bonchev–Trinajstić information content (AvgIpc) is 2.69. The lowest BCUT2D eigenvalue weighted by molar-refractivity contribution is 0.0681. The van der Waals surface area contributed by atoms with Crippen LogP contribution in [-0.2, 0) is 0 Å². The molecule has 2 rings (SSSR count). The maximum Gasteiger partial charge on any atom is 0.339 e. The van der Waals surface area contributed by atoms with Gasteiger partial charge in [0.25, 0.3) is 0 Å². The molecule has 0 aliphatic carbocycles. The Labute approximate surface area is 164 Å². The van der Waals surface area contributed by atoms with Crippen molar-refractivity contribution in [3.05, 3.63) is 59.7 Å². The van der Waals surface area contributed by atoms with Gasteiger partial charge >= 0.3 is 11.9 Å². The monoisotopic (exact) mass is 386 g/mol. The second kappa shape index (κ2) is 11.6. The highest BCUT2D eigenvalue weighted by atomic mass is 16.5. The van der Waals surface area contributed by atoms with Gasteiger partial charge < -0.3 is 19.7 Å². The second-order valence-electron chi connectivity index (χ2n) is 6.42. The highest BCUT2D eigenvalue weighted by molar-refractivity contribution is 5.91. The van der Waals surface area contributed by atoms with Gasteiger partial charge in [0, 0.05) is 0 Å². The summed E-state index contributed by atoms with van der Waals surface area (Å²) in [5.41, 5.74) is 0.374. The first-order chi connectivity index (χ1) is 13.6. The van der Waals surface area contributed by atoms with Gasteiger partial charge in [-0.25, -0.2) is 9.59 Å². The largest absolute Gasteiger partial charge is 0.493 e. The zero-order chi connectivity index (χ0) is 20.2. The topological polar surface area (TPSA) is 93.1 Å². The van der Waals surface area contributed by atoms with E-state index < -0.39 is 11.9 Å². The van der Waals surface area contributed by atoms with Gasteiger partial charge in [0.1, 0.15) is 22.6 Å². The lowest BCUT2D eigenvalue weighted by Crippen LogP contribution is -2.04. The van der Waals surface area contributed by atoms with E-state index >= 15 is 0 Å². The molecule has 0 aromatic heterocycles. The molecule has 28 heavy (non-hydrogen) atoms. The average molecular weight is 386 g/mol. The van der Waals surface area contributed by atoms with Crippen molar-refractivity contribution in [2.24, 2.45) is 0 Å². The highest BCUT2D eigenvalue weighted by Gasteiger charge is 2.10. The van der Waals surface area contributed by atoms with Gasteiger partial charge in [-0.05, 0) is 37.1 Å². The minimum Gasteiger partial charge on any atom is -0.493 e. The maximum absolute atomic E-state index is 11.1. The van der Waals surface area contributed by atoms with Crippen molar-refractivity contribution in [3.63, 3.8) is 0 Å². The zero-order valence-electron chi connectivity index (χ0n) is 15.8. The number of rotatable bonds is 13. The lowest BCUT2D eigenvalue weighted by Gasteiger charge is -2.09. The van der Waals surface area contributed by atoms with Gasteiger partial charge in [-0.1, -0.05) is 49.9 Å². The number of para-hydroxylation sites is 2. The Morgan fingerprint density at radius 3 is 1.36 bits per heavy atom. The SMILES string of the molecule is O=C(O)c1ccccc1OCCCCCCCCOc1ccccc1C(=O)O. The molecule has 0 radical (unpaired) electrons. The highest BCUT2D eigenvalue weighted by Crippen LogP contribution is 2.19. The van der Waals surface area contributed by atoms with Crippen LogP contribution in [0.3, 0.4) is 0 Å². The van der Waals surface area contributed by atoms with Crippen LogP contribution in [0, 0.1) is 0 Å². The first kappa shape index (κ1) is 21.3. The summed E-state index contributed by atoms with van der Waals surface area (Å²) in [5.74, 6) is -1.14. The van der Waals surface area contributed by atoms with E-state index in [1.54, 1.807) is 36.4 Å². The van der Waals surface area contributed by atoms with Crippen LogP contribution < -0.4 is 9.47 Å². The molecule has 0 saturated carbocycles. The van der Waals surface area contributed by atoms with E-state index in [9.17, 15) is 9.59 Å². The number of hydrogen-bond acceptors (Lipinski definition) is 4. The van der Waals surface area contributed by atoms with Crippen molar-refractivity contribution in [2.45, 2.75) is 38.5 Å². The van der Waals surface area contributed by atoms with Crippen molar-refractivity contribution < 1.29 is 29.3 Å². The van der Waals surface area contributed by atoms with Crippen molar-refractivity contribution in [1.29, 1.82) is 0 Å². The molecule has 150 valence electrons. The molecule has 0 bridgehead atoms. The van der Waals surface area contributed by atoms with Crippen molar-refractivity contribution >= 4 is 11.9 Å². The van der Waals surface area contributed by atoms with E-state index in [2.05, 4.69) is 0 Å². The molecule has 2 aromatic rings. The number of hydrogen-bond donors (Lipinski definition) is 2. The van der Waals surface area contributed by atoms with Crippen LogP contribution in [0.15, 0.2) is 48.5 Å². The van der Waals surface area contributed by atoms with Gasteiger partial charge in [-0.3, -0.25) is 0 Å². The third kappa shape index (κ3) is 6.95. The Kier molecular flexibility index (Phi) is 8.85. The van der Waals surface area contributed by atoms with Crippen LogP contribution in [0.2, 0.25) is 0 Å². The van der Waals surface area contributed by atoms with E-state index in [4.69, 9.17) is 19.7 Å². The summed E-state index contributed by atoms with van der Waals surface area (Å²) in [4.78, 5) is 22.2. The summed E-state index contributed by atoms with van der Waals surface area (Å²) < 4.78 is 11.1. The van der Waals surface area contributed by atoms with Gasteiger partial charge in [0.15, 0.2) is 0 Å². The number of benzene rings is 2. The van der Waals surface area contributed by atoms with Gasteiger partial charge in [-0.2, -0.15) is 0 Å². The van der Waals surface area contributed by atoms with Crippen molar-refractivity contribution in [1.82, 2.24) is 0 Å². The number of carbonyl (C=O) groups is 2.